The molecule has 0 saturated heterocycles. The van der Waals surface area contributed by atoms with Crippen molar-refractivity contribution < 1.29 is 14.3 Å². The van der Waals surface area contributed by atoms with E-state index in [0.29, 0.717) is 6.42 Å². The number of unbranched alkanes of at least 4 members (excludes halogenated alkanes) is 13. The molecule has 2 rings (SSSR count). The summed E-state index contributed by atoms with van der Waals surface area (Å²) >= 11 is 0. The number of carbonyl (C=O) groups is 1. The van der Waals surface area contributed by atoms with E-state index in [-0.39, 0.29) is 12.1 Å². The van der Waals surface area contributed by atoms with Gasteiger partial charge in [0.1, 0.15) is 11.9 Å². The fraction of sp³-hybridized carbons (Fsp3) is 0.618. The average molecular weight is 509 g/mol. The average Bonchev–Trinajstić information content (AvgIpc) is 2.92. The number of carbonyl (C=O) groups excluding carboxylic acids is 1. The number of ether oxygens (including phenoxy) is 2. The topological polar surface area (TPSA) is 35.5 Å². The van der Waals surface area contributed by atoms with Crippen LogP contribution < -0.4 is 4.74 Å². The third-order valence-corrected chi connectivity index (χ3v) is 7.13. The minimum atomic E-state index is -0.223. The van der Waals surface area contributed by atoms with Crippen molar-refractivity contribution in [3.8, 4) is 16.9 Å². The monoisotopic (exact) mass is 508 g/mol. The fourth-order valence-corrected chi connectivity index (χ4v) is 4.67. The first kappa shape index (κ1) is 30.9. The first-order valence-corrected chi connectivity index (χ1v) is 15.2. The van der Waals surface area contributed by atoms with Crippen LogP contribution in [-0.2, 0) is 9.53 Å². The Labute approximate surface area is 227 Å². The molecule has 0 fully saturated rings. The summed E-state index contributed by atoms with van der Waals surface area (Å²) < 4.78 is 11.6. The highest BCUT2D eigenvalue weighted by Gasteiger charge is 2.12. The molecule has 2 aromatic carbocycles. The second-order valence-corrected chi connectivity index (χ2v) is 10.5. The minimum Gasteiger partial charge on any atom is -0.494 e. The van der Waals surface area contributed by atoms with E-state index in [9.17, 15) is 4.79 Å². The van der Waals surface area contributed by atoms with Crippen molar-refractivity contribution in [2.75, 3.05) is 6.61 Å². The highest BCUT2D eigenvalue weighted by molar-refractivity contribution is 5.70. The Morgan fingerprint density at radius 1 is 0.622 bits per heavy atom. The van der Waals surface area contributed by atoms with Crippen LogP contribution >= 0.6 is 0 Å². The van der Waals surface area contributed by atoms with Gasteiger partial charge in [0.05, 0.1) is 6.61 Å². The molecule has 2 aromatic rings. The van der Waals surface area contributed by atoms with Gasteiger partial charge in [0.25, 0.3) is 0 Å². The molecule has 0 aliphatic rings. The van der Waals surface area contributed by atoms with E-state index in [4.69, 9.17) is 9.47 Å². The molecule has 0 aliphatic carbocycles. The smallest absolute Gasteiger partial charge is 0.306 e. The molecule has 0 spiro atoms. The van der Waals surface area contributed by atoms with Gasteiger partial charge >= 0.3 is 5.97 Å². The number of esters is 1. The lowest BCUT2D eigenvalue weighted by Crippen LogP contribution is -2.08. The zero-order valence-corrected chi connectivity index (χ0v) is 23.9. The van der Waals surface area contributed by atoms with E-state index < -0.39 is 0 Å². The maximum Gasteiger partial charge on any atom is 0.306 e. The van der Waals surface area contributed by atoms with E-state index >= 15 is 0 Å². The highest BCUT2D eigenvalue weighted by atomic mass is 16.5. The quantitative estimate of drug-likeness (QED) is 0.124. The normalized spacial score (nSPS) is 11.9. The van der Waals surface area contributed by atoms with Gasteiger partial charge in [0.15, 0.2) is 0 Å². The first-order valence-electron chi connectivity index (χ1n) is 15.2. The fourth-order valence-electron chi connectivity index (χ4n) is 4.67. The zero-order valence-electron chi connectivity index (χ0n) is 23.9. The summed E-state index contributed by atoms with van der Waals surface area (Å²) in [6.45, 7) is 7.21. The predicted octanol–water partition coefficient (Wildman–Crippen LogP) is 10.6. The molecule has 0 amide bonds. The Bertz CT molecular complexity index is 825. The van der Waals surface area contributed by atoms with Crippen LogP contribution in [0.15, 0.2) is 48.5 Å². The molecular formula is C34H52O3. The van der Waals surface area contributed by atoms with Crippen molar-refractivity contribution in [1.29, 1.82) is 0 Å². The van der Waals surface area contributed by atoms with Crippen molar-refractivity contribution in [1.82, 2.24) is 0 Å². The number of rotatable bonds is 21. The molecule has 37 heavy (non-hydrogen) atoms. The highest BCUT2D eigenvalue weighted by Crippen LogP contribution is 2.26. The molecule has 0 aromatic heterocycles. The third-order valence-electron chi connectivity index (χ3n) is 7.13. The van der Waals surface area contributed by atoms with Gasteiger partial charge in [-0.15, -0.1) is 0 Å². The van der Waals surface area contributed by atoms with Gasteiger partial charge in [-0.05, 0) is 48.6 Å². The maximum atomic E-state index is 12.1. The summed E-state index contributed by atoms with van der Waals surface area (Å²) in [7, 11) is 0. The number of hydrogen-bond donors (Lipinski definition) is 0. The molecule has 206 valence electrons. The molecule has 3 nitrogen and oxygen atoms in total. The number of hydrogen-bond acceptors (Lipinski definition) is 3. The maximum absolute atomic E-state index is 12.1. The van der Waals surface area contributed by atoms with Gasteiger partial charge in [-0.1, -0.05) is 134 Å². The van der Waals surface area contributed by atoms with Crippen molar-refractivity contribution in [3.05, 3.63) is 54.1 Å². The van der Waals surface area contributed by atoms with E-state index in [0.717, 1.165) is 48.3 Å². The minimum absolute atomic E-state index is 0.0959. The molecule has 0 radical (unpaired) electrons. The molecule has 0 N–H and O–H groups in total. The van der Waals surface area contributed by atoms with E-state index in [1.165, 1.54) is 77.0 Å². The van der Waals surface area contributed by atoms with Gasteiger partial charge in [-0.2, -0.15) is 0 Å². The van der Waals surface area contributed by atoms with Crippen LogP contribution in [0.25, 0.3) is 11.1 Å². The van der Waals surface area contributed by atoms with Crippen LogP contribution in [0, 0.1) is 0 Å². The lowest BCUT2D eigenvalue weighted by molar-refractivity contribution is -0.148. The standard InChI is InChI=1S/C34H52O3/c1-4-6-8-10-11-12-13-14-16-18-28-36-33-26-24-32(25-27-33)31-22-20-30(21-23-31)29(3)37-34(35)19-17-15-9-7-5-2/h20-27,29H,4-19,28H2,1-3H3. The zero-order chi connectivity index (χ0) is 26.6. The van der Waals surface area contributed by atoms with Crippen LogP contribution in [0.1, 0.15) is 135 Å². The van der Waals surface area contributed by atoms with Gasteiger partial charge in [0, 0.05) is 6.42 Å². The molecule has 1 atom stereocenters. The van der Waals surface area contributed by atoms with Gasteiger partial charge in [-0.25, -0.2) is 0 Å². The Hall–Kier alpha value is -2.29. The second-order valence-electron chi connectivity index (χ2n) is 10.5. The molecule has 0 aliphatic heterocycles. The van der Waals surface area contributed by atoms with E-state index in [1.807, 2.05) is 6.92 Å². The van der Waals surface area contributed by atoms with Crippen molar-refractivity contribution in [2.24, 2.45) is 0 Å². The Kier molecular flexibility index (Phi) is 16.5. The predicted molar refractivity (Wildman–Crippen MR) is 157 cm³/mol. The summed E-state index contributed by atoms with van der Waals surface area (Å²) in [5, 5.41) is 0. The second kappa shape index (κ2) is 19.8. The summed E-state index contributed by atoms with van der Waals surface area (Å²) in [5.74, 6) is 0.841. The molecule has 0 saturated carbocycles. The first-order chi connectivity index (χ1) is 18.1. The van der Waals surface area contributed by atoms with Crippen LogP contribution in [0.4, 0.5) is 0 Å². The lowest BCUT2D eigenvalue weighted by Gasteiger charge is -2.14. The van der Waals surface area contributed by atoms with Crippen LogP contribution in [0.2, 0.25) is 0 Å². The van der Waals surface area contributed by atoms with Gasteiger partial charge in [0.2, 0.25) is 0 Å². The summed E-state index contributed by atoms with van der Waals surface area (Å²) in [5.41, 5.74) is 3.34. The molecule has 0 heterocycles. The van der Waals surface area contributed by atoms with Crippen LogP contribution in [-0.4, -0.2) is 12.6 Å². The van der Waals surface area contributed by atoms with E-state index in [1.54, 1.807) is 0 Å². The van der Waals surface area contributed by atoms with Crippen molar-refractivity contribution >= 4 is 5.97 Å². The van der Waals surface area contributed by atoms with Gasteiger partial charge < -0.3 is 9.47 Å². The summed E-state index contributed by atoms with van der Waals surface area (Å²) in [6.07, 6.45) is 19.4. The van der Waals surface area contributed by atoms with Crippen LogP contribution in [0.5, 0.6) is 5.75 Å². The molecule has 3 heteroatoms. The number of benzene rings is 2. The van der Waals surface area contributed by atoms with Gasteiger partial charge in [-0.3, -0.25) is 4.79 Å². The largest absolute Gasteiger partial charge is 0.494 e. The third kappa shape index (κ3) is 13.7. The van der Waals surface area contributed by atoms with Crippen molar-refractivity contribution in [3.63, 3.8) is 0 Å². The lowest BCUT2D eigenvalue weighted by atomic mass is 10.0. The Balaban J connectivity index is 1.64. The van der Waals surface area contributed by atoms with E-state index in [2.05, 4.69) is 62.4 Å². The van der Waals surface area contributed by atoms with Crippen molar-refractivity contribution in [2.45, 2.75) is 130 Å². The van der Waals surface area contributed by atoms with Crippen LogP contribution in [0.3, 0.4) is 0 Å². The Morgan fingerprint density at radius 2 is 1.08 bits per heavy atom. The SMILES string of the molecule is CCCCCCCCCCCCOc1ccc(-c2ccc(C(C)OC(=O)CCCCCCC)cc2)cc1. The summed E-state index contributed by atoms with van der Waals surface area (Å²) in [6, 6.07) is 16.7. The Morgan fingerprint density at radius 3 is 1.62 bits per heavy atom. The summed E-state index contributed by atoms with van der Waals surface area (Å²) in [4.78, 5) is 12.1. The molecular weight excluding hydrogens is 456 g/mol. The molecule has 1 unspecified atom stereocenters. The molecule has 0 bridgehead atoms.